The smallest absolute Gasteiger partial charge is 0.292 e. The van der Waals surface area contributed by atoms with Gasteiger partial charge in [-0.3, -0.25) is 9.59 Å². The molecule has 0 radical (unpaired) electrons. The molecule has 0 aliphatic carbocycles. The molecule has 1 amide bonds. The van der Waals surface area contributed by atoms with E-state index in [0.717, 1.165) is 21.3 Å². The Bertz CT molecular complexity index is 756. The predicted molar refractivity (Wildman–Crippen MR) is 92.8 cm³/mol. The fraction of sp³-hybridized carbons (Fsp3) is 0.222. The summed E-state index contributed by atoms with van der Waals surface area (Å²) in [4.78, 5) is 23.8. The number of hydrogen-bond donors (Lipinski definition) is 1. The van der Waals surface area contributed by atoms with Gasteiger partial charge in [-0.05, 0) is 31.5 Å². The molecule has 2 rings (SSSR count). The molecule has 1 N–H and O–H groups in total. The molecule has 4 nitrogen and oxygen atoms in total. The number of nitrogens with one attached hydrogen (secondary N) is 1. The summed E-state index contributed by atoms with van der Waals surface area (Å²) >= 11 is 3.43. The molecule has 0 heterocycles. The number of rotatable bonds is 5. The van der Waals surface area contributed by atoms with Crippen molar-refractivity contribution in [1.82, 2.24) is 5.32 Å². The fourth-order valence-electron chi connectivity index (χ4n) is 2.27. The van der Waals surface area contributed by atoms with Crippen molar-refractivity contribution >= 4 is 27.6 Å². The molecule has 0 aromatic heterocycles. The molecule has 0 fully saturated rings. The molecule has 0 spiro atoms. The fourth-order valence-corrected chi connectivity index (χ4v) is 2.75. The van der Waals surface area contributed by atoms with Gasteiger partial charge in [0.1, 0.15) is 12.4 Å². The van der Waals surface area contributed by atoms with Crippen LogP contribution in [0.2, 0.25) is 0 Å². The molecule has 23 heavy (non-hydrogen) atoms. The lowest BCUT2D eigenvalue weighted by atomic mass is 10.0. The number of ketones is 1. The highest BCUT2D eigenvalue weighted by molar-refractivity contribution is 9.10. The van der Waals surface area contributed by atoms with E-state index in [1.165, 1.54) is 7.05 Å². The van der Waals surface area contributed by atoms with Gasteiger partial charge in [0, 0.05) is 22.6 Å². The number of carbonyl (C=O) groups excluding carboxylic acids is 2. The first-order valence-electron chi connectivity index (χ1n) is 7.18. The van der Waals surface area contributed by atoms with Crippen LogP contribution in [0.4, 0.5) is 0 Å². The number of likely N-dealkylation sites (N-methyl/N-ethyl adjacent to an activating group) is 1. The van der Waals surface area contributed by atoms with Gasteiger partial charge >= 0.3 is 0 Å². The maximum Gasteiger partial charge on any atom is 0.292 e. The molecular formula is C18H18BrNO3. The van der Waals surface area contributed by atoms with Gasteiger partial charge in [0.05, 0.1) is 0 Å². The van der Waals surface area contributed by atoms with Crippen molar-refractivity contribution in [1.29, 1.82) is 0 Å². The van der Waals surface area contributed by atoms with Crippen LogP contribution in [-0.4, -0.2) is 18.7 Å². The summed E-state index contributed by atoms with van der Waals surface area (Å²) in [6.07, 6.45) is 0. The van der Waals surface area contributed by atoms with Crippen molar-refractivity contribution in [2.24, 2.45) is 0 Å². The van der Waals surface area contributed by atoms with E-state index < -0.39 is 11.7 Å². The highest BCUT2D eigenvalue weighted by Gasteiger charge is 2.20. The molecule has 0 saturated heterocycles. The highest BCUT2D eigenvalue weighted by atomic mass is 79.9. The molecular weight excluding hydrogens is 358 g/mol. The number of aryl methyl sites for hydroxylation is 2. The second kappa shape index (κ2) is 7.42. The van der Waals surface area contributed by atoms with Gasteiger partial charge in [-0.1, -0.05) is 45.8 Å². The van der Waals surface area contributed by atoms with E-state index >= 15 is 0 Å². The first-order chi connectivity index (χ1) is 10.9. The van der Waals surface area contributed by atoms with E-state index in [4.69, 9.17) is 4.74 Å². The van der Waals surface area contributed by atoms with Crippen LogP contribution in [0, 0.1) is 13.8 Å². The normalized spacial score (nSPS) is 10.3. The van der Waals surface area contributed by atoms with Crippen LogP contribution in [0.3, 0.4) is 0 Å². The highest BCUT2D eigenvalue weighted by Crippen LogP contribution is 2.25. The minimum absolute atomic E-state index is 0.198. The summed E-state index contributed by atoms with van der Waals surface area (Å²) in [7, 11) is 1.43. The van der Waals surface area contributed by atoms with E-state index in [1.54, 1.807) is 12.1 Å². The van der Waals surface area contributed by atoms with Crippen molar-refractivity contribution in [3.05, 3.63) is 63.1 Å². The van der Waals surface area contributed by atoms with E-state index in [1.807, 2.05) is 38.1 Å². The third kappa shape index (κ3) is 3.99. The summed E-state index contributed by atoms with van der Waals surface area (Å²) in [6.45, 7) is 4.19. The Hall–Kier alpha value is -2.14. The van der Waals surface area contributed by atoms with Crippen LogP contribution >= 0.6 is 15.9 Å². The van der Waals surface area contributed by atoms with Crippen molar-refractivity contribution in [2.45, 2.75) is 20.5 Å². The van der Waals surface area contributed by atoms with Crippen LogP contribution in [0.1, 0.15) is 27.0 Å². The molecule has 2 aromatic carbocycles. The van der Waals surface area contributed by atoms with Crippen molar-refractivity contribution < 1.29 is 14.3 Å². The number of ether oxygens (including phenoxy) is 1. The lowest BCUT2D eigenvalue weighted by molar-refractivity contribution is -0.116. The number of benzene rings is 2. The average Bonchev–Trinajstić information content (AvgIpc) is 2.53. The summed E-state index contributed by atoms with van der Waals surface area (Å²) in [5.74, 6) is -0.464. The Balaban J connectivity index is 2.29. The first kappa shape index (κ1) is 17.2. The van der Waals surface area contributed by atoms with Crippen LogP contribution in [0.25, 0.3) is 0 Å². The molecule has 0 saturated carbocycles. The van der Waals surface area contributed by atoms with E-state index in [9.17, 15) is 9.59 Å². The number of Topliss-reactive ketones (excluding diaryl/α,β-unsaturated/α-hetero) is 1. The Morgan fingerprint density at radius 3 is 2.57 bits per heavy atom. The maximum absolute atomic E-state index is 12.2. The quantitative estimate of drug-likeness (QED) is 0.641. The zero-order valence-corrected chi connectivity index (χ0v) is 14.9. The monoisotopic (exact) mass is 375 g/mol. The Kier molecular flexibility index (Phi) is 5.55. The molecule has 0 bridgehead atoms. The third-order valence-corrected chi connectivity index (χ3v) is 4.24. The zero-order chi connectivity index (χ0) is 17.0. The van der Waals surface area contributed by atoms with Crippen LogP contribution in [0.15, 0.2) is 40.9 Å². The van der Waals surface area contributed by atoms with E-state index in [-0.39, 0.29) is 6.61 Å². The molecule has 120 valence electrons. The molecule has 0 unspecified atom stereocenters. The van der Waals surface area contributed by atoms with Crippen LogP contribution < -0.4 is 10.1 Å². The standard InChI is InChI=1S/C18H18BrNO3/c1-11-7-8-16(12(2)9-11)23-10-14-13(5-4-6-15(14)19)17(21)18(22)20-3/h4-9H,10H2,1-3H3,(H,20,22). The summed E-state index contributed by atoms with van der Waals surface area (Å²) in [5.41, 5.74) is 3.17. The van der Waals surface area contributed by atoms with Gasteiger partial charge in [-0.15, -0.1) is 0 Å². The van der Waals surface area contributed by atoms with Crippen LogP contribution in [0.5, 0.6) is 5.75 Å². The number of hydrogen-bond acceptors (Lipinski definition) is 3. The van der Waals surface area contributed by atoms with Gasteiger partial charge in [0.25, 0.3) is 11.7 Å². The summed E-state index contributed by atoms with van der Waals surface area (Å²) in [5, 5.41) is 2.35. The molecule has 5 heteroatoms. The number of amides is 1. The number of carbonyl (C=O) groups is 2. The average molecular weight is 376 g/mol. The number of halogens is 1. The van der Waals surface area contributed by atoms with Crippen molar-refractivity contribution in [2.75, 3.05) is 7.05 Å². The second-order valence-corrected chi connectivity index (χ2v) is 6.09. The molecule has 0 atom stereocenters. The van der Waals surface area contributed by atoms with Gasteiger partial charge in [0.15, 0.2) is 0 Å². The maximum atomic E-state index is 12.2. The van der Waals surface area contributed by atoms with Crippen molar-refractivity contribution in [3.63, 3.8) is 0 Å². The Labute approximate surface area is 144 Å². The molecule has 0 aliphatic heterocycles. The minimum Gasteiger partial charge on any atom is -0.489 e. The SMILES string of the molecule is CNC(=O)C(=O)c1cccc(Br)c1COc1ccc(C)cc1C. The van der Waals surface area contributed by atoms with E-state index in [2.05, 4.69) is 21.2 Å². The molecule has 0 aliphatic rings. The van der Waals surface area contributed by atoms with Crippen LogP contribution in [-0.2, 0) is 11.4 Å². The van der Waals surface area contributed by atoms with Gasteiger partial charge in [0.2, 0.25) is 0 Å². The topological polar surface area (TPSA) is 55.4 Å². The van der Waals surface area contributed by atoms with Gasteiger partial charge in [-0.2, -0.15) is 0 Å². The minimum atomic E-state index is -0.643. The Morgan fingerprint density at radius 2 is 1.91 bits per heavy atom. The third-order valence-electron chi connectivity index (χ3n) is 3.50. The van der Waals surface area contributed by atoms with Gasteiger partial charge in [-0.25, -0.2) is 0 Å². The van der Waals surface area contributed by atoms with E-state index in [0.29, 0.717) is 11.1 Å². The lowest BCUT2D eigenvalue weighted by Gasteiger charge is -2.13. The predicted octanol–water partition coefficient (Wildman–Crippen LogP) is 3.57. The lowest BCUT2D eigenvalue weighted by Crippen LogP contribution is -2.28. The zero-order valence-electron chi connectivity index (χ0n) is 13.3. The first-order valence-corrected chi connectivity index (χ1v) is 7.97. The second-order valence-electron chi connectivity index (χ2n) is 5.23. The summed E-state index contributed by atoms with van der Waals surface area (Å²) < 4.78 is 6.58. The summed E-state index contributed by atoms with van der Waals surface area (Å²) in [6, 6.07) is 11.1. The molecule has 2 aromatic rings. The Morgan fingerprint density at radius 1 is 1.17 bits per heavy atom. The largest absolute Gasteiger partial charge is 0.489 e. The van der Waals surface area contributed by atoms with Gasteiger partial charge < -0.3 is 10.1 Å². The van der Waals surface area contributed by atoms with Crippen molar-refractivity contribution in [3.8, 4) is 5.75 Å².